The van der Waals surface area contributed by atoms with E-state index in [1.165, 1.54) is 0 Å². The minimum Gasteiger partial charge on any atom is -0.444 e. The maximum Gasteiger partial charge on any atom is 0.407 e. The summed E-state index contributed by atoms with van der Waals surface area (Å²) in [5.74, 6) is -0.132. The summed E-state index contributed by atoms with van der Waals surface area (Å²) in [6.45, 7) is 9.29. The molecule has 0 unspecified atom stereocenters. The molecule has 0 fully saturated rings. The van der Waals surface area contributed by atoms with E-state index in [9.17, 15) is 9.59 Å². The second-order valence-corrected chi connectivity index (χ2v) is 8.29. The Morgan fingerprint density at radius 2 is 1.76 bits per heavy atom. The summed E-state index contributed by atoms with van der Waals surface area (Å²) in [7, 11) is 0. The van der Waals surface area contributed by atoms with Crippen molar-refractivity contribution in [3.05, 3.63) is 33.8 Å². The maximum absolute atomic E-state index is 12.2. The summed E-state index contributed by atoms with van der Waals surface area (Å²) in [5.41, 5.74) is -0.339. The first-order valence-corrected chi connectivity index (χ1v) is 8.86. The number of halogens is 2. The third kappa shape index (κ3) is 8.45. The van der Waals surface area contributed by atoms with Crippen LogP contribution in [0.4, 0.5) is 4.79 Å². The molecule has 0 spiro atoms. The Morgan fingerprint density at radius 1 is 1.12 bits per heavy atom. The average molecular weight is 389 g/mol. The molecule has 0 saturated carbocycles. The van der Waals surface area contributed by atoms with Gasteiger partial charge in [-0.15, -0.1) is 0 Å². The molecule has 1 rings (SSSR count). The number of alkyl carbamates (subject to hydrolysis) is 1. The van der Waals surface area contributed by atoms with Crippen LogP contribution in [0.2, 0.25) is 10.0 Å². The van der Waals surface area contributed by atoms with Gasteiger partial charge in [0.1, 0.15) is 5.60 Å². The van der Waals surface area contributed by atoms with Crippen molar-refractivity contribution in [2.45, 2.75) is 58.6 Å². The van der Waals surface area contributed by atoms with Crippen molar-refractivity contribution in [3.8, 4) is 0 Å². The average Bonchev–Trinajstić information content (AvgIpc) is 2.45. The first kappa shape index (κ1) is 21.6. The maximum atomic E-state index is 12.2. The molecule has 1 aromatic carbocycles. The van der Waals surface area contributed by atoms with Gasteiger partial charge in [0.05, 0.1) is 15.6 Å². The van der Waals surface area contributed by atoms with Crippen molar-refractivity contribution in [1.29, 1.82) is 0 Å². The van der Waals surface area contributed by atoms with Crippen molar-refractivity contribution in [3.63, 3.8) is 0 Å². The highest BCUT2D eigenvalue weighted by Crippen LogP contribution is 2.26. The van der Waals surface area contributed by atoms with Gasteiger partial charge in [0.15, 0.2) is 0 Å². The van der Waals surface area contributed by atoms with E-state index in [1.807, 2.05) is 19.9 Å². The van der Waals surface area contributed by atoms with Crippen LogP contribution >= 0.6 is 23.2 Å². The fraction of sp³-hybridized carbons (Fsp3) is 0.556. The van der Waals surface area contributed by atoms with Crippen LogP contribution in [0.5, 0.6) is 0 Å². The number of rotatable bonds is 6. The predicted molar refractivity (Wildman–Crippen MR) is 101 cm³/mol. The molecule has 7 heteroatoms. The Balaban J connectivity index is 2.46. The summed E-state index contributed by atoms with van der Waals surface area (Å²) < 4.78 is 5.18. The van der Waals surface area contributed by atoms with Gasteiger partial charge in [-0.3, -0.25) is 4.79 Å². The number of carbonyl (C=O) groups is 2. The smallest absolute Gasteiger partial charge is 0.407 e. The van der Waals surface area contributed by atoms with E-state index in [-0.39, 0.29) is 18.9 Å². The molecular formula is C18H26Cl2N2O3. The zero-order valence-electron chi connectivity index (χ0n) is 15.3. The fourth-order valence-electron chi connectivity index (χ4n) is 2.08. The molecule has 0 atom stereocenters. The number of benzene rings is 1. The van der Waals surface area contributed by atoms with E-state index < -0.39 is 17.2 Å². The molecule has 2 amide bonds. The Morgan fingerprint density at radius 3 is 2.36 bits per heavy atom. The van der Waals surface area contributed by atoms with Crippen LogP contribution in [-0.4, -0.2) is 29.7 Å². The van der Waals surface area contributed by atoms with E-state index in [0.29, 0.717) is 16.5 Å². The highest BCUT2D eigenvalue weighted by molar-refractivity contribution is 6.42. The van der Waals surface area contributed by atoms with Crippen LogP contribution in [0.1, 0.15) is 46.6 Å². The quantitative estimate of drug-likeness (QED) is 0.760. The molecule has 0 radical (unpaired) electrons. The molecule has 0 bridgehead atoms. The number of hydrogen-bond donors (Lipinski definition) is 2. The van der Waals surface area contributed by atoms with Crippen LogP contribution in [0.3, 0.4) is 0 Å². The number of aryl methyl sites for hydroxylation is 1. The Bertz CT molecular complexity index is 625. The Hall–Kier alpha value is -1.46. The van der Waals surface area contributed by atoms with Crippen molar-refractivity contribution in [1.82, 2.24) is 10.6 Å². The monoisotopic (exact) mass is 388 g/mol. The summed E-state index contributed by atoms with van der Waals surface area (Å²) in [5, 5.41) is 6.50. The van der Waals surface area contributed by atoms with Crippen LogP contribution in [0.25, 0.3) is 0 Å². The third-order valence-electron chi connectivity index (χ3n) is 3.20. The summed E-state index contributed by atoms with van der Waals surface area (Å²) >= 11 is 12.1. The van der Waals surface area contributed by atoms with Gasteiger partial charge >= 0.3 is 6.09 Å². The van der Waals surface area contributed by atoms with Gasteiger partial charge in [0, 0.05) is 13.0 Å². The number of hydrogen-bond acceptors (Lipinski definition) is 3. The van der Waals surface area contributed by atoms with Crippen LogP contribution in [0, 0.1) is 0 Å². The van der Waals surface area contributed by atoms with Crippen molar-refractivity contribution >= 4 is 35.2 Å². The predicted octanol–water partition coefficient (Wildman–Crippen LogP) is 4.35. The van der Waals surface area contributed by atoms with Gasteiger partial charge in [-0.25, -0.2) is 4.79 Å². The van der Waals surface area contributed by atoms with Crippen molar-refractivity contribution < 1.29 is 14.3 Å². The molecule has 0 saturated heterocycles. The molecule has 0 aromatic heterocycles. The molecule has 0 aliphatic carbocycles. The molecule has 25 heavy (non-hydrogen) atoms. The van der Waals surface area contributed by atoms with Gasteiger partial charge in [0.25, 0.3) is 0 Å². The second kappa shape index (κ2) is 8.77. The Kier molecular flexibility index (Phi) is 7.57. The molecule has 0 aliphatic rings. The van der Waals surface area contributed by atoms with E-state index in [1.54, 1.807) is 32.9 Å². The zero-order chi connectivity index (χ0) is 19.3. The number of nitrogens with one attached hydrogen (secondary N) is 2. The largest absolute Gasteiger partial charge is 0.444 e. The zero-order valence-corrected chi connectivity index (χ0v) is 16.8. The summed E-state index contributed by atoms with van der Waals surface area (Å²) in [4.78, 5) is 23.9. The Labute approximate surface area is 159 Å². The van der Waals surface area contributed by atoms with Gasteiger partial charge in [-0.1, -0.05) is 35.3 Å². The van der Waals surface area contributed by atoms with Crippen LogP contribution in [-0.2, 0) is 16.0 Å². The molecule has 1 aromatic rings. The van der Waals surface area contributed by atoms with Gasteiger partial charge in [-0.05, 0) is 52.7 Å². The highest BCUT2D eigenvalue weighted by Gasteiger charge is 2.23. The van der Waals surface area contributed by atoms with Crippen molar-refractivity contribution in [2.75, 3.05) is 6.54 Å². The topological polar surface area (TPSA) is 67.4 Å². The van der Waals surface area contributed by atoms with E-state index in [2.05, 4.69) is 10.6 Å². The summed E-state index contributed by atoms with van der Waals surface area (Å²) in [6, 6.07) is 5.35. The molecule has 0 heterocycles. The molecular weight excluding hydrogens is 363 g/mol. The van der Waals surface area contributed by atoms with Gasteiger partial charge in [-0.2, -0.15) is 0 Å². The highest BCUT2D eigenvalue weighted by atomic mass is 35.5. The second-order valence-electron chi connectivity index (χ2n) is 7.50. The van der Waals surface area contributed by atoms with E-state index in [0.717, 1.165) is 5.56 Å². The molecule has 2 N–H and O–H groups in total. The number of carbonyl (C=O) groups excluding carboxylic acids is 2. The lowest BCUT2D eigenvalue weighted by molar-refractivity contribution is -0.122. The van der Waals surface area contributed by atoms with E-state index >= 15 is 0 Å². The molecule has 0 aliphatic heterocycles. The van der Waals surface area contributed by atoms with Gasteiger partial charge < -0.3 is 15.4 Å². The van der Waals surface area contributed by atoms with Crippen LogP contribution < -0.4 is 10.6 Å². The SMILES string of the molecule is CC(C)(CNC(=O)OC(C)(C)C)NC(=O)CCc1cccc(Cl)c1Cl. The fourth-order valence-corrected chi connectivity index (χ4v) is 2.50. The lowest BCUT2D eigenvalue weighted by atomic mass is 10.0. The van der Waals surface area contributed by atoms with Crippen LogP contribution in [0.15, 0.2) is 18.2 Å². The standard InChI is InChI=1S/C18H26Cl2N2O3/c1-17(2,3)25-16(24)21-11-18(4,5)22-14(23)10-9-12-7-6-8-13(19)15(12)20/h6-8H,9-11H2,1-5H3,(H,21,24)(H,22,23). The first-order chi connectivity index (χ1) is 11.4. The lowest BCUT2D eigenvalue weighted by Gasteiger charge is -2.28. The molecule has 140 valence electrons. The van der Waals surface area contributed by atoms with Gasteiger partial charge in [0.2, 0.25) is 5.91 Å². The molecule has 5 nitrogen and oxygen atoms in total. The third-order valence-corrected chi connectivity index (χ3v) is 4.06. The normalized spacial score (nSPS) is 11.8. The lowest BCUT2D eigenvalue weighted by Crippen LogP contribution is -2.52. The summed E-state index contributed by atoms with van der Waals surface area (Å²) in [6.07, 6.45) is 0.247. The first-order valence-electron chi connectivity index (χ1n) is 8.10. The number of amides is 2. The minimum absolute atomic E-state index is 0.132. The van der Waals surface area contributed by atoms with Crippen molar-refractivity contribution in [2.24, 2.45) is 0 Å². The minimum atomic E-state index is -0.605. The number of ether oxygens (including phenoxy) is 1. The van der Waals surface area contributed by atoms with E-state index in [4.69, 9.17) is 27.9 Å².